The number of carbonyl (C=O) groups excluding carboxylic acids is 1. The Labute approximate surface area is 157 Å². The molecule has 27 heavy (non-hydrogen) atoms. The molecule has 4 rings (SSSR count). The van der Waals surface area contributed by atoms with E-state index in [9.17, 15) is 9.18 Å². The van der Waals surface area contributed by atoms with E-state index >= 15 is 0 Å². The minimum absolute atomic E-state index is 0.192. The molecule has 1 atom stereocenters. The third kappa shape index (κ3) is 3.13. The van der Waals surface area contributed by atoms with E-state index in [-0.39, 0.29) is 17.8 Å². The number of hydrogen-bond acceptors (Lipinski definition) is 3. The van der Waals surface area contributed by atoms with Crippen molar-refractivity contribution in [2.45, 2.75) is 45.6 Å². The molecule has 2 heterocycles. The Morgan fingerprint density at radius 3 is 2.78 bits per heavy atom. The molecule has 1 aliphatic carbocycles. The summed E-state index contributed by atoms with van der Waals surface area (Å²) < 4.78 is 16.8. The van der Waals surface area contributed by atoms with Crippen LogP contribution >= 0.6 is 0 Å². The van der Waals surface area contributed by atoms with Crippen LogP contribution in [0.5, 0.6) is 0 Å². The molecule has 0 radical (unpaired) electrons. The predicted molar refractivity (Wildman–Crippen MR) is 101 cm³/mol. The Balaban J connectivity index is 1.67. The summed E-state index contributed by atoms with van der Waals surface area (Å²) in [5, 5.41) is 11.8. The first-order valence-corrected chi connectivity index (χ1v) is 9.30. The molecular weight excluding hydrogens is 345 g/mol. The number of rotatable bonds is 5. The number of aromatic nitrogens is 4. The molecule has 7 heteroatoms. The van der Waals surface area contributed by atoms with Crippen molar-refractivity contribution in [3.63, 3.8) is 0 Å². The first-order valence-electron chi connectivity index (χ1n) is 9.30. The maximum Gasteiger partial charge on any atom is 0.277 e. The molecule has 0 saturated heterocycles. The first kappa shape index (κ1) is 17.5. The zero-order chi connectivity index (χ0) is 19.0. The van der Waals surface area contributed by atoms with Crippen molar-refractivity contribution in [1.29, 1.82) is 0 Å². The van der Waals surface area contributed by atoms with E-state index in [1.165, 1.54) is 12.1 Å². The normalized spacial score (nSPS) is 14.2. The maximum atomic E-state index is 13.3. The molecule has 6 nitrogen and oxygen atoms in total. The lowest BCUT2D eigenvalue weighted by molar-refractivity contribution is 0.102. The molecule has 3 aromatic rings. The standard InChI is InChI=1S/C20H22FN5O/c1-3-13(2)25-18(11-12-22-25)23-20(27)19-16-5-4-6-17(16)26(24-19)15-9-7-14(21)8-10-15/h7-13H,3-6H2,1-2H3,(H,23,27). The summed E-state index contributed by atoms with van der Waals surface area (Å²) in [7, 11) is 0. The summed E-state index contributed by atoms with van der Waals surface area (Å²) in [5.41, 5.74) is 3.20. The lowest BCUT2D eigenvalue weighted by atomic mass is 10.2. The number of halogens is 1. The quantitative estimate of drug-likeness (QED) is 0.743. The molecule has 0 fully saturated rings. The molecule has 0 aliphatic heterocycles. The van der Waals surface area contributed by atoms with Crippen LogP contribution in [0.2, 0.25) is 0 Å². The van der Waals surface area contributed by atoms with Crippen molar-refractivity contribution in [2.75, 3.05) is 5.32 Å². The van der Waals surface area contributed by atoms with Crippen molar-refractivity contribution in [3.8, 4) is 5.69 Å². The molecule has 0 bridgehead atoms. The molecule has 0 spiro atoms. The van der Waals surface area contributed by atoms with Crippen molar-refractivity contribution in [2.24, 2.45) is 0 Å². The number of fused-ring (bicyclic) bond motifs is 1. The second-order valence-electron chi connectivity index (χ2n) is 6.89. The van der Waals surface area contributed by atoms with Gasteiger partial charge in [-0.2, -0.15) is 10.2 Å². The molecule has 2 aromatic heterocycles. The van der Waals surface area contributed by atoms with Crippen LogP contribution in [-0.2, 0) is 12.8 Å². The van der Waals surface area contributed by atoms with E-state index in [0.717, 1.165) is 42.6 Å². The van der Waals surface area contributed by atoms with Crippen LogP contribution in [-0.4, -0.2) is 25.5 Å². The van der Waals surface area contributed by atoms with Gasteiger partial charge in [-0.15, -0.1) is 0 Å². The summed E-state index contributed by atoms with van der Waals surface area (Å²) >= 11 is 0. The predicted octanol–water partition coefficient (Wildman–Crippen LogP) is 3.92. The van der Waals surface area contributed by atoms with Crippen molar-refractivity contribution < 1.29 is 9.18 Å². The summed E-state index contributed by atoms with van der Waals surface area (Å²) in [6.07, 6.45) is 5.27. The van der Waals surface area contributed by atoms with Crippen LogP contribution in [0.1, 0.15) is 54.5 Å². The summed E-state index contributed by atoms with van der Waals surface area (Å²) in [4.78, 5) is 12.9. The van der Waals surface area contributed by atoms with E-state index in [1.54, 1.807) is 29.1 Å². The number of carbonyl (C=O) groups is 1. The molecule has 1 aliphatic rings. The van der Waals surface area contributed by atoms with Crippen LogP contribution in [0.3, 0.4) is 0 Å². The average molecular weight is 367 g/mol. The van der Waals surface area contributed by atoms with Gasteiger partial charge in [-0.05, 0) is 56.9 Å². The van der Waals surface area contributed by atoms with Gasteiger partial charge in [-0.1, -0.05) is 6.92 Å². The van der Waals surface area contributed by atoms with E-state index in [1.807, 2.05) is 4.68 Å². The van der Waals surface area contributed by atoms with E-state index in [2.05, 4.69) is 29.4 Å². The molecule has 1 aromatic carbocycles. The largest absolute Gasteiger partial charge is 0.305 e. The average Bonchev–Trinajstić information content (AvgIpc) is 3.38. The minimum Gasteiger partial charge on any atom is -0.305 e. The van der Waals surface area contributed by atoms with Crippen LogP contribution in [0.4, 0.5) is 10.2 Å². The molecule has 1 amide bonds. The SMILES string of the molecule is CCC(C)n1nccc1NC(=O)c1nn(-c2ccc(F)cc2)c2c1CCC2. The van der Waals surface area contributed by atoms with Crippen molar-refractivity contribution in [1.82, 2.24) is 19.6 Å². The summed E-state index contributed by atoms with van der Waals surface area (Å²) in [5.74, 6) is 0.135. The smallest absolute Gasteiger partial charge is 0.277 e. The van der Waals surface area contributed by atoms with Gasteiger partial charge in [0.15, 0.2) is 5.69 Å². The van der Waals surface area contributed by atoms with Crippen LogP contribution in [0.15, 0.2) is 36.5 Å². The van der Waals surface area contributed by atoms with E-state index in [0.29, 0.717) is 11.5 Å². The van der Waals surface area contributed by atoms with Crippen LogP contribution in [0, 0.1) is 5.82 Å². The fourth-order valence-corrected chi connectivity index (χ4v) is 3.53. The number of nitrogens with one attached hydrogen (secondary N) is 1. The first-order chi connectivity index (χ1) is 13.1. The topological polar surface area (TPSA) is 64.7 Å². The molecular formula is C20H22FN5O. The minimum atomic E-state index is -0.293. The molecule has 140 valence electrons. The fourth-order valence-electron chi connectivity index (χ4n) is 3.53. The highest BCUT2D eigenvalue weighted by Crippen LogP contribution is 2.28. The fraction of sp³-hybridized carbons (Fsp3) is 0.350. The lowest BCUT2D eigenvalue weighted by Gasteiger charge is -2.13. The van der Waals surface area contributed by atoms with E-state index in [4.69, 9.17) is 0 Å². The van der Waals surface area contributed by atoms with Crippen LogP contribution in [0.25, 0.3) is 5.69 Å². The van der Waals surface area contributed by atoms with Crippen molar-refractivity contribution >= 4 is 11.7 Å². The Kier molecular flexibility index (Phi) is 4.51. The third-order valence-electron chi connectivity index (χ3n) is 5.14. The van der Waals surface area contributed by atoms with Gasteiger partial charge in [0.2, 0.25) is 0 Å². The Morgan fingerprint density at radius 1 is 1.26 bits per heavy atom. The number of benzene rings is 1. The third-order valence-corrected chi connectivity index (χ3v) is 5.14. The Bertz CT molecular complexity index is 973. The van der Waals surface area contributed by atoms with Gasteiger partial charge in [0.25, 0.3) is 5.91 Å². The number of hydrogen-bond donors (Lipinski definition) is 1. The second kappa shape index (κ2) is 6.98. The van der Waals surface area contributed by atoms with Crippen molar-refractivity contribution in [3.05, 3.63) is 59.3 Å². The van der Waals surface area contributed by atoms with Gasteiger partial charge in [-0.3, -0.25) is 4.79 Å². The van der Waals surface area contributed by atoms with Gasteiger partial charge < -0.3 is 5.32 Å². The number of anilines is 1. The van der Waals surface area contributed by atoms with Gasteiger partial charge in [-0.25, -0.2) is 13.8 Å². The molecule has 1 unspecified atom stereocenters. The lowest BCUT2D eigenvalue weighted by Crippen LogP contribution is -2.19. The summed E-state index contributed by atoms with van der Waals surface area (Å²) in [6.45, 7) is 4.14. The van der Waals surface area contributed by atoms with E-state index < -0.39 is 0 Å². The molecule has 1 N–H and O–H groups in total. The monoisotopic (exact) mass is 367 g/mol. The van der Waals surface area contributed by atoms with Gasteiger partial charge in [0.1, 0.15) is 11.6 Å². The van der Waals surface area contributed by atoms with Crippen LogP contribution < -0.4 is 5.32 Å². The number of amides is 1. The molecule has 0 saturated carbocycles. The highest BCUT2D eigenvalue weighted by Gasteiger charge is 2.27. The highest BCUT2D eigenvalue weighted by molar-refractivity contribution is 6.03. The highest BCUT2D eigenvalue weighted by atomic mass is 19.1. The summed E-state index contributed by atoms with van der Waals surface area (Å²) in [6, 6.07) is 8.16. The van der Waals surface area contributed by atoms with Gasteiger partial charge in [0.05, 0.1) is 17.9 Å². The second-order valence-corrected chi connectivity index (χ2v) is 6.89. The zero-order valence-corrected chi connectivity index (χ0v) is 15.4. The Morgan fingerprint density at radius 2 is 2.04 bits per heavy atom. The zero-order valence-electron chi connectivity index (χ0n) is 15.4. The Hall–Kier alpha value is -2.96. The van der Waals surface area contributed by atoms with Gasteiger partial charge >= 0.3 is 0 Å². The number of nitrogens with zero attached hydrogens (tertiary/aromatic N) is 4. The van der Waals surface area contributed by atoms with Gasteiger partial charge in [0, 0.05) is 17.3 Å². The maximum absolute atomic E-state index is 13.3.